The lowest BCUT2D eigenvalue weighted by Crippen LogP contribution is -2.18. The Hall–Kier alpha value is -0.640. The Morgan fingerprint density at radius 2 is 2.06 bits per heavy atom. The summed E-state index contributed by atoms with van der Waals surface area (Å²) in [4.78, 5) is 0. The minimum atomic E-state index is 0.587. The van der Waals surface area contributed by atoms with E-state index >= 15 is 0 Å². The Labute approximate surface area is 102 Å². The molecular weight excluding hydrogens is 218 g/mol. The fraction of sp³-hybridized carbons (Fsp3) is 0.833. The van der Waals surface area contributed by atoms with Gasteiger partial charge >= 0.3 is 0 Å². The molecule has 16 heavy (non-hydrogen) atoms. The van der Waals surface area contributed by atoms with Crippen LogP contribution in [-0.2, 0) is 6.42 Å². The summed E-state index contributed by atoms with van der Waals surface area (Å²) in [6, 6.07) is 0.587. The number of nitrogens with one attached hydrogen (secondary N) is 1. The molecule has 1 saturated carbocycles. The highest BCUT2D eigenvalue weighted by molar-refractivity contribution is 7.71. The number of hydrogen-bond donors (Lipinski definition) is 1. The topological polar surface area (TPSA) is 33.6 Å². The van der Waals surface area contributed by atoms with Gasteiger partial charge in [-0.1, -0.05) is 13.8 Å². The molecule has 1 aromatic heterocycles. The Morgan fingerprint density at radius 3 is 2.69 bits per heavy atom. The molecule has 1 aliphatic carbocycles. The van der Waals surface area contributed by atoms with E-state index in [0.717, 1.165) is 29.4 Å². The molecule has 4 heteroatoms. The molecule has 0 atom stereocenters. The largest absolute Gasteiger partial charge is 0.301 e. The zero-order valence-corrected chi connectivity index (χ0v) is 11.0. The quantitative estimate of drug-likeness (QED) is 0.817. The molecule has 90 valence electrons. The van der Waals surface area contributed by atoms with Gasteiger partial charge in [0.2, 0.25) is 0 Å². The smallest absolute Gasteiger partial charge is 0.195 e. The van der Waals surface area contributed by atoms with E-state index in [-0.39, 0.29) is 0 Å². The zero-order valence-electron chi connectivity index (χ0n) is 10.2. The Morgan fingerprint density at radius 1 is 1.38 bits per heavy atom. The lowest BCUT2D eigenvalue weighted by Gasteiger charge is -2.27. The van der Waals surface area contributed by atoms with E-state index in [2.05, 4.69) is 28.6 Å². The summed E-state index contributed by atoms with van der Waals surface area (Å²) in [5.74, 6) is 2.03. The first-order chi connectivity index (χ1) is 7.72. The van der Waals surface area contributed by atoms with Crippen LogP contribution in [0.15, 0.2) is 0 Å². The van der Waals surface area contributed by atoms with Crippen molar-refractivity contribution in [2.45, 2.75) is 58.4 Å². The van der Waals surface area contributed by atoms with Gasteiger partial charge in [0.05, 0.1) is 0 Å². The molecule has 0 amide bonds. The SMILES string of the molecule is CCCc1n[nH]c(=S)n1C1CCC(C)CC1. The van der Waals surface area contributed by atoms with Crippen LogP contribution < -0.4 is 0 Å². The van der Waals surface area contributed by atoms with Gasteiger partial charge in [0.25, 0.3) is 0 Å². The van der Waals surface area contributed by atoms with E-state index in [0.29, 0.717) is 6.04 Å². The molecule has 0 unspecified atom stereocenters. The normalized spacial score (nSPS) is 25.9. The average Bonchev–Trinajstić information content (AvgIpc) is 2.62. The molecule has 3 nitrogen and oxygen atoms in total. The second-order valence-electron chi connectivity index (χ2n) is 4.98. The maximum atomic E-state index is 5.34. The summed E-state index contributed by atoms with van der Waals surface area (Å²) in [5, 5.41) is 7.29. The molecule has 1 N–H and O–H groups in total. The third kappa shape index (κ3) is 2.37. The third-order valence-electron chi connectivity index (χ3n) is 3.60. The minimum Gasteiger partial charge on any atom is -0.301 e. The van der Waals surface area contributed by atoms with Gasteiger partial charge in [-0.25, -0.2) is 0 Å². The van der Waals surface area contributed by atoms with Crippen LogP contribution in [0.1, 0.15) is 57.8 Å². The summed E-state index contributed by atoms with van der Waals surface area (Å²) >= 11 is 5.34. The molecule has 0 aliphatic heterocycles. The molecule has 1 aromatic rings. The fourth-order valence-corrected chi connectivity index (χ4v) is 2.91. The van der Waals surface area contributed by atoms with Crippen molar-refractivity contribution < 1.29 is 0 Å². The highest BCUT2D eigenvalue weighted by atomic mass is 32.1. The van der Waals surface area contributed by atoms with Crippen molar-refractivity contribution in [3.63, 3.8) is 0 Å². The second kappa shape index (κ2) is 5.13. The van der Waals surface area contributed by atoms with Crippen LogP contribution in [0.25, 0.3) is 0 Å². The first-order valence-corrected chi connectivity index (χ1v) is 6.79. The van der Waals surface area contributed by atoms with E-state index in [1.165, 1.54) is 25.7 Å². The van der Waals surface area contributed by atoms with Gasteiger partial charge < -0.3 is 4.57 Å². The molecule has 0 spiro atoms. The van der Waals surface area contributed by atoms with Crippen LogP contribution >= 0.6 is 12.2 Å². The summed E-state index contributed by atoms with van der Waals surface area (Å²) in [7, 11) is 0. The van der Waals surface area contributed by atoms with Crippen molar-refractivity contribution in [1.82, 2.24) is 14.8 Å². The molecule has 0 saturated heterocycles. The van der Waals surface area contributed by atoms with Crippen LogP contribution in [0.4, 0.5) is 0 Å². The van der Waals surface area contributed by atoms with Gasteiger partial charge in [0.1, 0.15) is 5.82 Å². The predicted octanol–water partition coefficient (Wildman–Crippen LogP) is 3.64. The lowest BCUT2D eigenvalue weighted by molar-refractivity contribution is 0.283. The Kier molecular flexibility index (Phi) is 3.79. The van der Waals surface area contributed by atoms with Crippen LogP contribution in [0.3, 0.4) is 0 Å². The number of H-pyrrole nitrogens is 1. The molecule has 1 aliphatic rings. The number of aromatic nitrogens is 3. The first-order valence-electron chi connectivity index (χ1n) is 6.38. The summed E-state index contributed by atoms with van der Waals surface area (Å²) in [6.45, 7) is 4.53. The maximum Gasteiger partial charge on any atom is 0.195 e. The van der Waals surface area contributed by atoms with Crippen LogP contribution in [0.5, 0.6) is 0 Å². The van der Waals surface area contributed by atoms with E-state index < -0.39 is 0 Å². The standard InChI is InChI=1S/C12H21N3S/c1-3-4-11-13-14-12(16)15(11)10-7-5-9(2)6-8-10/h9-10H,3-8H2,1-2H3,(H,14,16). The molecule has 1 fully saturated rings. The molecule has 0 bridgehead atoms. The molecule has 1 heterocycles. The highest BCUT2D eigenvalue weighted by Gasteiger charge is 2.22. The van der Waals surface area contributed by atoms with Crippen LogP contribution in [0, 0.1) is 10.7 Å². The lowest BCUT2D eigenvalue weighted by atomic mass is 9.87. The van der Waals surface area contributed by atoms with Crippen molar-refractivity contribution in [1.29, 1.82) is 0 Å². The average molecular weight is 239 g/mol. The molecule has 2 rings (SSSR count). The monoisotopic (exact) mass is 239 g/mol. The van der Waals surface area contributed by atoms with Crippen LogP contribution in [0.2, 0.25) is 0 Å². The van der Waals surface area contributed by atoms with E-state index in [4.69, 9.17) is 12.2 Å². The maximum absolute atomic E-state index is 5.34. The number of nitrogens with zero attached hydrogens (tertiary/aromatic N) is 2. The minimum absolute atomic E-state index is 0.587. The second-order valence-corrected chi connectivity index (χ2v) is 5.37. The first kappa shape index (κ1) is 11.8. The van der Waals surface area contributed by atoms with Gasteiger partial charge in [-0.3, -0.25) is 5.10 Å². The number of aryl methyl sites for hydroxylation is 1. The van der Waals surface area contributed by atoms with Gasteiger partial charge in [0, 0.05) is 12.5 Å². The van der Waals surface area contributed by atoms with Crippen molar-refractivity contribution in [2.24, 2.45) is 5.92 Å². The number of rotatable bonds is 3. The predicted molar refractivity (Wildman–Crippen MR) is 68.1 cm³/mol. The van der Waals surface area contributed by atoms with Crippen LogP contribution in [-0.4, -0.2) is 14.8 Å². The van der Waals surface area contributed by atoms with Crippen molar-refractivity contribution >= 4 is 12.2 Å². The van der Waals surface area contributed by atoms with E-state index in [9.17, 15) is 0 Å². The number of aromatic amines is 1. The summed E-state index contributed by atoms with van der Waals surface area (Å²) in [6.07, 6.45) is 7.31. The highest BCUT2D eigenvalue weighted by Crippen LogP contribution is 2.32. The number of hydrogen-bond acceptors (Lipinski definition) is 2. The molecule has 0 radical (unpaired) electrons. The molecular formula is C12H21N3S. The Bertz CT molecular complexity index is 385. The zero-order chi connectivity index (χ0) is 11.5. The third-order valence-corrected chi connectivity index (χ3v) is 3.89. The van der Waals surface area contributed by atoms with Crippen molar-refractivity contribution in [2.75, 3.05) is 0 Å². The Balaban J connectivity index is 2.18. The van der Waals surface area contributed by atoms with Gasteiger partial charge in [-0.15, -0.1) is 0 Å². The van der Waals surface area contributed by atoms with Gasteiger partial charge in [-0.05, 0) is 50.2 Å². The summed E-state index contributed by atoms with van der Waals surface area (Å²) in [5.41, 5.74) is 0. The van der Waals surface area contributed by atoms with E-state index in [1.54, 1.807) is 0 Å². The molecule has 0 aromatic carbocycles. The summed E-state index contributed by atoms with van der Waals surface area (Å²) < 4.78 is 3.08. The van der Waals surface area contributed by atoms with Gasteiger partial charge in [-0.2, -0.15) is 5.10 Å². The van der Waals surface area contributed by atoms with Gasteiger partial charge in [0.15, 0.2) is 4.77 Å². The van der Waals surface area contributed by atoms with E-state index in [1.807, 2.05) is 0 Å². The van der Waals surface area contributed by atoms with Crippen molar-refractivity contribution in [3.8, 4) is 0 Å². The fourth-order valence-electron chi connectivity index (χ4n) is 2.61. The van der Waals surface area contributed by atoms with Crippen molar-refractivity contribution in [3.05, 3.63) is 10.6 Å².